The maximum atomic E-state index is 12.2. The van der Waals surface area contributed by atoms with E-state index in [1.807, 2.05) is 37.3 Å². The SMILES string of the molecule is CC(NC(=O)NC1CCN(C(=O)c2ccco2)CC1)c1ccccc1. The minimum absolute atomic E-state index is 0.0539. The lowest BCUT2D eigenvalue weighted by Crippen LogP contribution is -2.49. The summed E-state index contributed by atoms with van der Waals surface area (Å²) >= 11 is 0. The molecule has 0 spiro atoms. The Morgan fingerprint density at radius 1 is 1.12 bits per heavy atom. The molecule has 1 saturated heterocycles. The van der Waals surface area contributed by atoms with Crippen molar-refractivity contribution in [2.75, 3.05) is 13.1 Å². The van der Waals surface area contributed by atoms with Crippen LogP contribution in [0.4, 0.5) is 4.79 Å². The minimum Gasteiger partial charge on any atom is -0.459 e. The molecular formula is C19H23N3O3. The zero-order chi connectivity index (χ0) is 17.6. The minimum atomic E-state index is -0.174. The van der Waals surface area contributed by atoms with Crippen LogP contribution in [0.1, 0.15) is 41.9 Å². The van der Waals surface area contributed by atoms with Gasteiger partial charge in [0.15, 0.2) is 5.76 Å². The molecule has 3 rings (SSSR count). The van der Waals surface area contributed by atoms with Crippen molar-refractivity contribution in [2.45, 2.75) is 31.8 Å². The number of hydrogen-bond donors (Lipinski definition) is 2. The van der Waals surface area contributed by atoms with Crippen molar-refractivity contribution in [1.29, 1.82) is 0 Å². The topological polar surface area (TPSA) is 74.6 Å². The normalized spacial score (nSPS) is 16.3. The second-order valence-corrected chi connectivity index (χ2v) is 6.29. The number of rotatable bonds is 4. The van der Waals surface area contributed by atoms with Crippen LogP contribution in [0.2, 0.25) is 0 Å². The van der Waals surface area contributed by atoms with Crippen LogP contribution < -0.4 is 10.6 Å². The van der Waals surface area contributed by atoms with Crippen LogP contribution in [-0.4, -0.2) is 36.0 Å². The largest absolute Gasteiger partial charge is 0.459 e. The summed E-state index contributed by atoms with van der Waals surface area (Å²) in [5.41, 5.74) is 1.07. The van der Waals surface area contributed by atoms with Gasteiger partial charge in [0.1, 0.15) is 0 Å². The average Bonchev–Trinajstić information content (AvgIpc) is 3.17. The highest BCUT2D eigenvalue weighted by molar-refractivity contribution is 5.91. The molecule has 0 aliphatic carbocycles. The summed E-state index contributed by atoms with van der Waals surface area (Å²) in [5, 5.41) is 5.96. The molecule has 2 aromatic rings. The maximum Gasteiger partial charge on any atom is 0.315 e. The Labute approximate surface area is 147 Å². The first-order valence-corrected chi connectivity index (χ1v) is 8.58. The quantitative estimate of drug-likeness (QED) is 0.898. The van der Waals surface area contributed by atoms with Gasteiger partial charge in [-0.2, -0.15) is 0 Å². The summed E-state index contributed by atoms with van der Waals surface area (Å²) in [6.07, 6.45) is 2.97. The fourth-order valence-electron chi connectivity index (χ4n) is 3.03. The van der Waals surface area contributed by atoms with E-state index in [0.29, 0.717) is 18.8 Å². The second kappa shape index (κ2) is 7.88. The lowest BCUT2D eigenvalue weighted by molar-refractivity contribution is 0.0676. The van der Waals surface area contributed by atoms with Gasteiger partial charge in [-0.1, -0.05) is 30.3 Å². The Kier molecular flexibility index (Phi) is 5.38. The summed E-state index contributed by atoms with van der Waals surface area (Å²) in [5.74, 6) is 0.270. The van der Waals surface area contributed by atoms with E-state index in [0.717, 1.165) is 18.4 Å². The van der Waals surface area contributed by atoms with Crippen LogP contribution in [-0.2, 0) is 0 Å². The summed E-state index contributed by atoms with van der Waals surface area (Å²) < 4.78 is 5.15. The number of hydrogen-bond acceptors (Lipinski definition) is 3. The van der Waals surface area contributed by atoms with E-state index in [1.54, 1.807) is 17.0 Å². The molecule has 1 atom stereocenters. The lowest BCUT2D eigenvalue weighted by Gasteiger charge is -2.32. The Morgan fingerprint density at radius 3 is 2.48 bits per heavy atom. The Hall–Kier alpha value is -2.76. The number of amides is 3. The van der Waals surface area contributed by atoms with Gasteiger partial charge in [0.25, 0.3) is 5.91 Å². The number of carbonyl (C=O) groups excluding carboxylic acids is 2. The second-order valence-electron chi connectivity index (χ2n) is 6.29. The Balaban J connectivity index is 1.44. The van der Waals surface area contributed by atoms with Crippen LogP contribution in [0, 0.1) is 0 Å². The van der Waals surface area contributed by atoms with Gasteiger partial charge < -0.3 is 20.0 Å². The lowest BCUT2D eigenvalue weighted by atomic mass is 10.0. The van der Waals surface area contributed by atoms with E-state index in [1.165, 1.54) is 6.26 Å². The Morgan fingerprint density at radius 2 is 1.84 bits per heavy atom. The van der Waals surface area contributed by atoms with E-state index in [4.69, 9.17) is 4.42 Å². The van der Waals surface area contributed by atoms with E-state index in [-0.39, 0.29) is 24.0 Å². The zero-order valence-electron chi connectivity index (χ0n) is 14.3. The number of carbonyl (C=O) groups is 2. The third-order valence-electron chi connectivity index (χ3n) is 4.50. The molecule has 1 unspecified atom stereocenters. The molecule has 1 fully saturated rings. The number of likely N-dealkylation sites (tertiary alicyclic amines) is 1. The van der Waals surface area contributed by atoms with Crippen LogP contribution in [0.5, 0.6) is 0 Å². The van der Waals surface area contributed by atoms with Gasteiger partial charge in [-0.25, -0.2) is 4.79 Å². The van der Waals surface area contributed by atoms with Crippen LogP contribution in [0.15, 0.2) is 53.1 Å². The highest BCUT2D eigenvalue weighted by Gasteiger charge is 2.26. The molecular weight excluding hydrogens is 318 g/mol. The number of furan rings is 1. The van der Waals surface area contributed by atoms with Gasteiger partial charge in [0.05, 0.1) is 12.3 Å². The number of benzene rings is 1. The first kappa shape index (κ1) is 17.1. The van der Waals surface area contributed by atoms with Crippen molar-refractivity contribution in [3.63, 3.8) is 0 Å². The van der Waals surface area contributed by atoms with Crippen molar-refractivity contribution in [3.8, 4) is 0 Å². The molecule has 1 aromatic carbocycles. The highest BCUT2D eigenvalue weighted by Crippen LogP contribution is 2.15. The fourth-order valence-corrected chi connectivity index (χ4v) is 3.03. The summed E-state index contributed by atoms with van der Waals surface area (Å²) in [6, 6.07) is 13.1. The van der Waals surface area contributed by atoms with Crippen molar-refractivity contribution >= 4 is 11.9 Å². The molecule has 6 heteroatoms. The molecule has 3 amide bonds. The van der Waals surface area contributed by atoms with Gasteiger partial charge in [0.2, 0.25) is 0 Å². The standard InChI is InChI=1S/C19H23N3O3/c1-14(15-6-3-2-4-7-15)20-19(24)21-16-9-11-22(12-10-16)18(23)17-8-5-13-25-17/h2-8,13-14,16H,9-12H2,1H3,(H2,20,21,24). The molecule has 1 aliphatic rings. The molecule has 132 valence electrons. The fraction of sp³-hybridized carbons (Fsp3) is 0.368. The van der Waals surface area contributed by atoms with Crippen molar-refractivity contribution in [2.24, 2.45) is 0 Å². The van der Waals surface area contributed by atoms with Gasteiger partial charge in [-0.05, 0) is 37.5 Å². The van der Waals surface area contributed by atoms with Crippen LogP contribution >= 0.6 is 0 Å². The maximum absolute atomic E-state index is 12.2. The predicted octanol–water partition coefficient (Wildman–Crippen LogP) is 2.94. The smallest absolute Gasteiger partial charge is 0.315 e. The molecule has 6 nitrogen and oxygen atoms in total. The molecule has 1 aliphatic heterocycles. The number of piperidine rings is 1. The zero-order valence-corrected chi connectivity index (χ0v) is 14.3. The third-order valence-corrected chi connectivity index (χ3v) is 4.50. The van der Waals surface area contributed by atoms with E-state index >= 15 is 0 Å². The molecule has 2 heterocycles. The molecule has 0 saturated carbocycles. The van der Waals surface area contributed by atoms with Gasteiger partial charge in [0, 0.05) is 19.1 Å². The van der Waals surface area contributed by atoms with Crippen LogP contribution in [0.25, 0.3) is 0 Å². The highest BCUT2D eigenvalue weighted by atomic mass is 16.3. The van der Waals surface area contributed by atoms with Crippen molar-refractivity contribution in [1.82, 2.24) is 15.5 Å². The molecule has 2 N–H and O–H groups in total. The van der Waals surface area contributed by atoms with Crippen molar-refractivity contribution in [3.05, 3.63) is 60.1 Å². The summed E-state index contributed by atoms with van der Waals surface area (Å²) in [4.78, 5) is 26.2. The van der Waals surface area contributed by atoms with E-state index in [2.05, 4.69) is 10.6 Å². The monoisotopic (exact) mass is 341 g/mol. The molecule has 0 bridgehead atoms. The number of nitrogens with zero attached hydrogens (tertiary/aromatic N) is 1. The third kappa shape index (κ3) is 4.41. The first-order valence-electron chi connectivity index (χ1n) is 8.58. The first-order chi connectivity index (χ1) is 12.1. The van der Waals surface area contributed by atoms with Crippen molar-refractivity contribution < 1.29 is 14.0 Å². The van der Waals surface area contributed by atoms with Crippen LogP contribution in [0.3, 0.4) is 0 Å². The van der Waals surface area contributed by atoms with E-state index < -0.39 is 0 Å². The Bertz CT molecular complexity index is 692. The number of urea groups is 1. The summed E-state index contributed by atoms with van der Waals surface area (Å²) in [7, 11) is 0. The van der Waals surface area contributed by atoms with Gasteiger partial charge in [-0.3, -0.25) is 4.79 Å². The number of nitrogens with one attached hydrogen (secondary N) is 2. The predicted molar refractivity (Wildman–Crippen MR) is 94.2 cm³/mol. The molecule has 25 heavy (non-hydrogen) atoms. The van der Waals surface area contributed by atoms with E-state index in [9.17, 15) is 9.59 Å². The van der Waals surface area contributed by atoms with Gasteiger partial charge >= 0.3 is 6.03 Å². The average molecular weight is 341 g/mol. The van der Waals surface area contributed by atoms with Gasteiger partial charge in [-0.15, -0.1) is 0 Å². The summed E-state index contributed by atoms with van der Waals surface area (Å²) in [6.45, 7) is 3.18. The molecule has 0 radical (unpaired) electrons. The molecule has 1 aromatic heterocycles.